The number of aromatic nitrogens is 3. The molecule has 0 bridgehead atoms. The Bertz CT molecular complexity index is 1050. The fourth-order valence-corrected chi connectivity index (χ4v) is 4.21. The summed E-state index contributed by atoms with van der Waals surface area (Å²) in [7, 11) is 0. The molecule has 1 N–H and O–H groups in total. The number of ether oxygens (including phenoxy) is 1. The normalized spacial score (nSPS) is 16.1. The lowest BCUT2D eigenvalue weighted by atomic mass is 10.0. The average molecular weight is 428 g/mol. The van der Waals surface area contributed by atoms with Gasteiger partial charge in [0.05, 0.1) is 0 Å². The zero-order valence-corrected chi connectivity index (χ0v) is 17.5. The molecular weight excluding hydrogens is 406 g/mol. The summed E-state index contributed by atoms with van der Waals surface area (Å²) in [5.41, 5.74) is 2.66. The van der Waals surface area contributed by atoms with Gasteiger partial charge in [-0.25, -0.2) is 9.97 Å². The van der Waals surface area contributed by atoms with E-state index in [9.17, 15) is 0 Å². The third-order valence-electron chi connectivity index (χ3n) is 4.72. The molecule has 1 aliphatic heterocycles. The van der Waals surface area contributed by atoms with Crippen molar-refractivity contribution in [2.45, 2.75) is 23.9 Å². The van der Waals surface area contributed by atoms with Crippen molar-refractivity contribution in [2.24, 2.45) is 0 Å². The molecule has 29 heavy (non-hydrogen) atoms. The molecule has 3 aromatic heterocycles. The van der Waals surface area contributed by atoms with E-state index in [2.05, 4.69) is 22.6 Å². The largest absolute Gasteiger partial charge is 0.433 e. The minimum atomic E-state index is 0.293. The van der Waals surface area contributed by atoms with Crippen LogP contribution >= 0.6 is 23.4 Å². The summed E-state index contributed by atoms with van der Waals surface area (Å²) in [6, 6.07) is 4.10. The number of H-pyrrole nitrogens is 1. The number of nitrogens with zero attached hydrogens (tertiary/aromatic N) is 2. The van der Waals surface area contributed by atoms with Crippen LogP contribution in [0.25, 0.3) is 22.3 Å². The zero-order valence-electron chi connectivity index (χ0n) is 15.9. The summed E-state index contributed by atoms with van der Waals surface area (Å²) < 4.78 is 11.7. The van der Waals surface area contributed by atoms with Crippen LogP contribution in [0, 0.1) is 0 Å². The summed E-state index contributed by atoms with van der Waals surface area (Å²) in [6.45, 7) is 5.14. The third kappa shape index (κ3) is 4.83. The Morgan fingerprint density at radius 2 is 2.24 bits per heavy atom. The summed E-state index contributed by atoms with van der Waals surface area (Å²) in [4.78, 5) is 12.5. The first-order valence-corrected chi connectivity index (χ1v) is 10.9. The maximum absolute atomic E-state index is 6.22. The first kappa shape index (κ1) is 20.0. The Labute approximate surface area is 178 Å². The van der Waals surface area contributed by atoms with Crippen LogP contribution in [-0.2, 0) is 4.74 Å². The van der Waals surface area contributed by atoms with Crippen LogP contribution in [0.4, 0.5) is 0 Å². The van der Waals surface area contributed by atoms with Crippen LogP contribution in [-0.4, -0.2) is 33.9 Å². The molecule has 0 saturated carbocycles. The SMILES string of the molecule is C=C/C=C(Cl)\C=C/CSc1oc(C2CCOCC2)nc1-c1cnc2[nH]ccc2c1. The number of nitrogens with one attached hydrogen (secondary N) is 1. The van der Waals surface area contributed by atoms with Crippen molar-refractivity contribution in [3.05, 3.63) is 66.3 Å². The van der Waals surface area contributed by atoms with Crippen molar-refractivity contribution in [2.75, 3.05) is 19.0 Å². The summed E-state index contributed by atoms with van der Waals surface area (Å²) in [5, 5.41) is 2.50. The van der Waals surface area contributed by atoms with Crippen LogP contribution in [0.3, 0.4) is 0 Å². The van der Waals surface area contributed by atoms with E-state index in [4.69, 9.17) is 25.7 Å². The van der Waals surface area contributed by atoms with E-state index in [0.717, 1.165) is 65.1 Å². The second-order valence-corrected chi connectivity index (χ2v) is 8.14. The fourth-order valence-electron chi connectivity index (χ4n) is 3.24. The van der Waals surface area contributed by atoms with Gasteiger partial charge in [-0.2, -0.15) is 0 Å². The molecule has 0 radical (unpaired) electrons. The molecule has 4 heterocycles. The summed E-state index contributed by atoms with van der Waals surface area (Å²) in [6.07, 6.45) is 12.9. The molecule has 1 aliphatic rings. The maximum Gasteiger partial charge on any atom is 0.199 e. The molecule has 0 amide bonds. The number of allylic oxidation sites excluding steroid dienone is 4. The first-order chi connectivity index (χ1) is 14.2. The van der Waals surface area contributed by atoms with Gasteiger partial charge in [0, 0.05) is 53.3 Å². The lowest BCUT2D eigenvalue weighted by Gasteiger charge is -2.18. The predicted octanol–water partition coefficient (Wildman–Crippen LogP) is 6.07. The van der Waals surface area contributed by atoms with Crippen molar-refractivity contribution < 1.29 is 9.15 Å². The molecule has 4 rings (SSSR count). The van der Waals surface area contributed by atoms with Crippen LogP contribution < -0.4 is 0 Å². The highest BCUT2D eigenvalue weighted by atomic mass is 35.5. The highest BCUT2D eigenvalue weighted by Crippen LogP contribution is 2.37. The zero-order chi connectivity index (χ0) is 20.1. The second-order valence-electron chi connectivity index (χ2n) is 6.71. The summed E-state index contributed by atoms with van der Waals surface area (Å²) >= 11 is 7.67. The predicted molar refractivity (Wildman–Crippen MR) is 118 cm³/mol. The van der Waals surface area contributed by atoms with Gasteiger partial charge in [-0.1, -0.05) is 42.1 Å². The molecule has 0 aliphatic carbocycles. The first-order valence-electron chi connectivity index (χ1n) is 9.54. The monoisotopic (exact) mass is 427 g/mol. The standard InChI is InChI=1S/C22H22ClN3O2S/c1-2-4-18(23)5-3-12-29-22-19(17-13-16-6-9-24-20(16)25-14-17)26-21(28-22)15-7-10-27-11-8-15/h2-6,9,13-15H,1,7-8,10-12H2,(H,24,25)/b5-3-,18-4+. The lowest BCUT2D eigenvalue weighted by Crippen LogP contribution is -2.14. The Morgan fingerprint density at radius 3 is 3.07 bits per heavy atom. The minimum absolute atomic E-state index is 0.293. The van der Waals surface area contributed by atoms with Crippen molar-refractivity contribution in [1.29, 1.82) is 0 Å². The molecule has 3 aromatic rings. The lowest BCUT2D eigenvalue weighted by molar-refractivity contribution is 0.0786. The average Bonchev–Trinajstić information content (AvgIpc) is 3.38. The number of pyridine rings is 1. The van der Waals surface area contributed by atoms with E-state index in [0.29, 0.717) is 11.0 Å². The smallest absolute Gasteiger partial charge is 0.199 e. The Kier molecular flexibility index (Phi) is 6.54. The van der Waals surface area contributed by atoms with Crippen LogP contribution in [0.15, 0.2) is 70.0 Å². The van der Waals surface area contributed by atoms with Gasteiger partial charge in [0.25, 0.3) is 0 Å². The maximum atomic E-state index is 6.22. The topological polar surface area (TPSA) is 63.9 Å². The van der Waals surface area contributed by atoms with Gasteiger partial charge >= 0.3 is 0 Å². The van der Waals surface area contributed by atoms with Crippen LogP contribution in [0.1, 0.15) is 24.7 Å². The van der Waals surface area contributed by atoms with Gasteiger partial charge in [-0.15, -0.1) is 0 Å². The molecule has 0 unspecified atom stereocenters. The number of fused-ring (bicyclic) bond motifs is 1. The molecule has 7 heteroatoms. The second kappa shape index (κ2) is 9.48. The highest BCUT2D eigenvalue weighted by Gasteiger charge is 2.24. The van der Waals surface area contributed by atoms with E-state index < -0.39 is 0 Å². The molecule has 0 aromatic carbocycles. The van der Waals surface area contributed by atoms with Crippen LogP contribution in [0.2, 0.25) is 0 Å². The van der Waals surface area contributed by atoms with Gasteiger partial charge in [-0.3, -0.25) is 0 Å². The quantitative estimate of drug-likeness (QED) is 0.366. The molecule has 0 atom stereocenters. The van der Waals surface area contributed by atoms with Crippen LogP contribution in [0.5, 0.6) is 0 Å². The van der Waals surface area contributed by atoms with Gasteiger partial charge in [0.1, 0.15) is 11.3 Å². The number of thioether (sulfide) groups is 1. The van der Waals surface area contributed by atoms with E-state index in [1.54, 1.807) is 23.9 Å². The molecular formula is C22H22ClN3O2S. The molecule has 150 valence electrons. The third-order valence-corrected chi connectivity index (χ3v) is 5.87. The number of rotatable bonds is 7. The molecule has 1 fully saturated rings. The Hall–Kier alpha value is -2.28. The van der Waals surface area contributed by atoms with Crippen molar-refractivity contribution in [1.82, 2.24) is 15.0 Å². The van der Waals surface area contributed by atoms with Crippen molar-refractivity contribution in [3.8, 4) is 11.3 Å². The molecule has 1 saturated heterocycles. The van der Waals surface area contributed by atoms with E-state index >= 15 is 0 Å². The van der Waals surface area contributed by atoms with Crippen molar-refractivity contribution >= 4 is 34.4 Å². The Morgan fingerprint density at radius 1 is 1.38 bits per heavy atom. The Balaban J connectivity index is 1.61. The van der Waals surface area contributed by atoms with E-state index in [1.807, 2.05) is 30.6 Å². The molecule has 5 nitrogen and oxygen atoms in total. The molecule has 0 spiro atoms. The minimum Gasteiger partial charge on any atom is -0.433 e. The van der Waals surface area contributed by atoms with Gasteiger partial charge < -0.3 is 14.1 Å². The van der Waals surface area contributed by atoms with E-state index in [-0.39, 0.29) is 0 Å². The number of oxazole rings is 1. The highest BCUT2D eigenvalue weighted by molar-refractivity contribution is 7.99. The number of aromatic amines is 1. The van der Waals surface area contributed by atoms with Gasteiger partial charge in [0.2, 0.25) is 0 Å². The number of halogens is 1. The van der Waals surface area contributed by atoms with E-state index in [1.165, 1.54) is 0 Å². The summed E-state index contributed by atoms with van der Waals surface area (Å²) in [5.74, 6) is 1.80. The fraction of sp³-hybridized carbons (Fsp3) is 0.273. The number of hydrogen-bond donors (Lipinski definition) is 1. The number of hydrogen-bond acceptors (Lipinski definition) is 5. The van der Waals surface area contributed by atoms with Gasteiger partial charge in [0.15, 0.2) is 11.0 Å². The van der Waals surface area contributed by atoms with Crippen molar-refractivity contribution in [3.63, 3.8) is 0 Å². The van der Waals surface area contributed by atoms with Gasteiger partial charge in [-0.05, 0) is 37.1 Å².